The molecule has 0 saturated heterocycles. The van der Waals surface area contributed by atoms with Crippen LogP contribution in [0.15, 0.2) is 48.5 Å². The molecule has 0 heterocycles. The zero-order chi connectivity index (χ0) is 16.9. The lowest BCUT2D eigenvalue weighted by Crippen LogP contribution is -2.13. The van der Waals surface area contributed by atoms with Crippen LogP contribution in [0.5, 0.6) is 11.5 Å². The van der Waals surface area contributed by atoms with Crippen LogP contribution in [0, 0.1) is 0 Å². The van der Waals surface area contributed by atoms with Crippen LogP contribution < -0.4 is 4.74 Å². The van der Waals surface area contributed by atoms with Crippen LogP contribution in [0.1, 0.15) is 17.5 Å². The average molecular weight is 323 g/mol. The Morgan fingerprint density at radius 3 is 2.43 bits per heavy atom. The Morgan fingerprint density at radius 1 is 1.00 bits per heavy atom. The highest BCUT2D eigenvalue weighted by Crippen LogP contribution is 2.33. The molecule has 23 heavy (non-hydrogen) atoms. The van der Waals surface area contributed by atoms with Crippen LogP contribution in [-0.2, 0) is 12.6 Å². The van der Waals surface area contributed by atoms with Crippen LogP contribution in [0.4, 0.5) is 13.2 Å². The Bertz CT molecular complexity index is 638. The van der Waals surface area contributed by atoms with Gasteiger partial charge in [0, 0.05) is 0 Å². The van der Waals surface area contributed by atoms with Gasteiger partial charge in [-0.2, -0.15) is 13.2 Å². The van der Waals surface area contributed by atoms with E-state index >= 15 is 0 Å². The number of rotatable bonds is 6. The minimum atomic E-state index is -4.37. The second-order valence-corrected chi connectivity index (χ2v) is 5.64. The number of benzene rings is 2. The fraction of sp³-hybridized carbons (Fsp3) is 0.333. The van der Waals surface area contributed by atoms with Crippen molar-refractivity contribution in [2.45, 2.75) is 19.0 Å². The third kappa shape index (κ3) is 5.28. The van der Waals surface area contributed by atoms with Crippen molar-refractivity contribution in [2.75, 3.05) is 20.6 Å². The van der Waals surface area contributed by atoms with Crippen molar-refractivity contribution in [3.05, 3.63) is 59.7 Å². The molecular formula is C18H20F3NO. The number of alkyl halides is 3. The minimum Gasteiger partial charge on any atom is -0.457 e. The largest absolute Gasteiger partial charge is 0.457 e. The van der Waals surface area contributed by atoms with Crippen molar-refractivity contribution in [2.24, 2.45) is 0 Å². The van der Waals surface area contributed by atoms with E-state index < -0.39 is 11.7 Å². The fourth-order valence-corrected chi connectivity index (χ4v) is 2.26. The molecule has 2 nitrogen and oxygen atoms in total. The fourth-order valence-electron chi connectivity index (χ4n) is 2.26. The first-order valence-electron chi connectivity index (χ1n) is 7.44. The number of aryl methyl sites for hydroxylation is 1. The molecule has 0 aliphatic heterocycles. The van der Waals surface area contributed by atoms with E-state index in [0.717, 1.165) is 37.1 Å². The Hall–Kier alpha value is -2.01. The van der Waals surface area contributed by atoms with E-state index in [4.69, 9.17) is 4.74 Å². The summed E-state index contributed by atoms with van der Waals surface area (Å²) in [5.74, 6) is 0.797. The highest BCUT2D eigenvalue weighted by Gasteiger charge is 2.30. The van der Waals surface area contributed by atoms with E-state index in [2.05, 4.69) is 4.90 Å². The lowest BCUT2D eigenvalue weighted by molar-refractivity contribution is -0.137. The number of hydrogen-bond donors (Lipinski definition) is 0. The van der Waals surface area contributed by atoms with Crippen molar-refractivity contribution < 1.29 is 17.9 Å². The van der Waals surface area contributed by atoms with Gasteiger partial charge in [0.05, 0.1) is 5.56 Å². The second kappa shape index (κ2) is 7.51. The van der Waals surface area contributed by atoms with Crippen LogP contribution in [0.25, 0.3) is 0 Å². The van der Waals surface area contributed by atoms with Crippen molar-refractivity contribution in [3.63, 3.8) is 0 Å². The maximum absolute atomic E-state index is 12.8. The summed E-state index contributed by atoms with van der Waals surface area (Å²) in [6.07, 6.45) is -2.60. The summed E-state index contributed by atoms with van der Waals surface area (Å²) in [7, 11) is 4.01. The Balaban J connectivity index is 2.14. The molecule has 0 spiro atoms. The van der Waals surface area contributed by atoms with E-state index in [-0.39, 0.29) is 5.75 Å². The molecular weight excluding hydrogens is 303 g/mol. The lowest BCUT2D eigenvalue weighted by Gasteiger charge is -2.14. The molecule has 0 radical (unpaired) electrons. The summed E-state index contributed by atoms with van der Waals surface area (Å²) in [5, 5.41) is 0. The molecule has 2 aromatic carbocycles. The molecule has 0 aliphatic rings. The molecule has 2 rings (SSSR count). The smallest absolute Gasteiger partial charge is 0.416 e. The van der Waals surface area contributed by atoms with Crippen molar-refractivity contribution in [1.29, 1.82) is 0 Å². The molecule has 124 valence electrons. The van der Waals surface area contributed by atoms with E-state index in [1.165, 1.54) is 12.1 Å². The van der Waals surface area contributed by atoms with Crippen LogP contribution in [0.2, 0.25) is 0 Å². The lowest BCUT2D eigenvalue weighted by atomic mass is 10.1. The molecule has 0 fully saturated rings. The summed E-state index contributed by atoms with van der Waals surface area (Å²) >= 11 is 0. The van der Waals surface area contributed by atoms with E-state index in [1.54, 1.807) is 6.07 Å². The highest BCUT2D eigenvalue weighted by atomic mass is 19.4. The van der Waals surface area contributed by atoms with Gasteiger partial charge in [0.2, 0.25) is 0 Å². The number of hydrogen-bond acceptors (Lipinski definition) is 2. The Labute approximate surface area is 134 Å². The SMILES string of the molecule is CN(C)CCCc1ccccc1Oc1cccc(C(F)(F)F)c1. The predicted molar refractivity (Wildman–Crippen MR) is 84.8 cm³/mol. The zero-order valence-corrected chi connectivity index (χ0v) is 13.2. The first kappa shape index (κ1) is 17.3. The second-order valence-electron chi connectivity index (χ2n) is 5.64. The normalized spacial score (nSPS) is 11.7. The van der Waals surface area contributed by atoms with Gasteiger partial charge < -0.3 is 9.64 Å². The standard InChI is InChI=1S/C18H20F3NO/c1-22(2)12-6-8-14-7-3-4-11-17(14)23-16-10-5-9-15(13-16)18(19,20)21/h3-5,7,9-11,13H,6,8,12H2,1-2H3. The maximum Gasteiger partial charge on any atom is 0.416 e. The van der Waals surface area contributed by atoms with Crippen LogP contribution in [0.3, 0.4) is 0 Å². The number of nitrogens with zero attached hydrogens (tertiary/aromatic N) is 1. The first-order valence-corrected chi connectivity index (χ1v) is 7.44. The third-order valence-corrected chi connectivity index (χ3v) is 3.41. The molecule has 0 atom stereocenters. The monoisotopic (exact) mass is 323 g/mol. The molecule has 0 aliphatic carbocycles. The van der Waals surface area contributed by atoms with E-state index in [0.29, 0.717) is 5.75 Å². The van der Waals surface area contributed by atoms with Gasteiger partial charge in [0.25, 0.3) is 0 Å². The minimum absolute atomic E-state index is 0.194. The van der Waals surface area contributed by atoms with Crippen molar-refractivity contribution in [1.82, 2.24) is 4.90 Å². The molecule has 5 heteroatoms. The van der Waals surface area contributed by atoms with Gasteiger partial charge in [-0.05, 0) is 63.3 Å². The quantitative estimate of drug-likeness (QED) is 0.742. The molecule has 0 bridgehead atoms. The summed E-state index contributed by atoms with van der Waals surface area (Å²) in [6.45, 7) is 0.942. The van der Waals surface area contributed by atoms with Gasteiger partial charge in [-0.15, -0.1) is 0 Å². The zero-order valence-electron chi connectivity index (χ0n) is 13.2. The number of para-hydroxylation sites is 1. The predicted octanol–water partition coefficient (Wildman–Crippen LogP) is 4.99. The number of halogens is 3. The highest BCUT2D eigenvalue weighted by molar-refractivity contribution is 5.39. The average Bonchev–Trinajstić information content (AvgIpc) is 2.48. The van der Waals surface area contributed by atoms with Crippen LogP contribution >= 0.6 is 0 Å². The molecule has 0 unspecified atom stereocenters. The Kier molecular flexibility index (Phi) is 5.66. The van der Waals surface area contributed by atoms with Gasteiger partial charge >= 0.3 is 6.18 Å². The first-order chi connectivity index (χ1) is 10.9. The van der Waals surface area contributed by atoms with Gasteiger partial charge in [-0.25, -0.2) is 0 Å². The van der Waals surface area contributed by atoms with Gasteiger partial charge in [0.15, 0.2) is 0 Å². The third-order valence-electron chi connectivity index (χ3n) is 3.41. The summed E-state index contributed by atoms with van der Waals surface area (Å²) in [5.41, 5.74) is 0.284. The van der Waals surface area contributed by atoms with Crippen LogP contribution in [-0.4, -0.2) is 25.5 Å². The maximum atomic E-state index is 12.8. The summed E-state index contributed by atoms with van der Waals surface area (Å²) in [6, 6.07) is 12.4. The molecule has 0 saturated carbocycles. The van der Waals surface area contributed by atoms with Crippen molar-refractivity contribution >= 4 is 0 Å². The van der Waals surface area contributed by atoms with E-state index in [9.17, 15) is 13.2 Å². The Morgan fingerprint density at radius 2 is 1.74 bits per heavy atom. The molecule has 0 amide bonds. The van der Waals surface area contributed by atoms with Gasteiger partial charge in [-0.1, -0.05) is 24.3 Å². The summed E-state index contributed by atoms with van der Waals surface area (Å²) < 4.78 is 44.0. The molecule has 2 aromatic rings. The van der Waals surface area contributed by atoms with Gasteiger partial charge in [0.1, 0.15) is 11.5 Å². The topological polar surface area (TPSA) is 12.5 Å². The summed E-state index contributed by atoms with van der Waals surface area (Å²) in [4.78, 5) is 2.09. The molecule has 0 aromatic heterocycles. The number of ether oxygens (including phenoxy) is 1. The van der Waals surface area contributed by atoms with Crippen molar-refractivity contribution in [3.8, 4) is 11.5 Å². The molecule has 0 N–H and O–H groups in total. The van der Waals surface area contributed by atoms with E-state index in [1.807, 2.05) is 32.3 Å². The van der Waals surface area contributed by atoms with Gasteiger partial charge in [-0.3, -0.25) is 0 Å².